The summed E-state index contributed by atoms with van der Waals surface area (Å²) in [5.41, 5.74) is 0.153. The Labute approximate surface area is 115 Å². The molecule has 1 saturated heterocycles. The molecule has 0 bridgehead atoms. The van der Waals surface area contributed by atoms with Gasteiger partial charge in [0.25, 0.3) is 0 Å². The lowest BCUT2D eigenvalue weighted by molar-refractivity contribution is -0.134. The lowest BCUT2D eigenvalue weighted by Crippen LogP contribution is -2.50. The Morgan fingerprint density at radius 3 is 2.74 bits per heavy atom. The van der Waals surface area contributed by atoms with Crippen LogP contribution in [-0.2, 0) is 16.1 Å². The molecule has 2 rings (SSSR count). The van der Waals surface area contributed by atoms with E-state index >= 15 is 0 Å². The minimum Gasteiger partial charge on any atom is -0.302 e. The lowest BCUT2D eigenvalue weighted by Gasteiger charge is -2.21. The highest BCUT2D eigenvalue weighted by Gasteiger charge is 2.26. The maximum absolute atomic E-state index is 13.3. The molecule has 1 aliphatic heterocycles. The molecule has 1 heterocycles. The third-order valence-electron chi connectivity index (χ3n) is 2.79. The molecule has 1 aromatic carbocycles. The van der Waals surface area contributed by atoms with Crippen LogP contribution in [0.5, 0.6) is 0 Å². The summed E-state index contributed by atoms with van der Waals surface area (Å²) in [5, 5.41) is 4.99. The second-order valence-electron chi connectivity index (χ2n) is 4.12. The zero-order valence-electron chi connectivity index (χ0n) is 9.91. The van der Waals surface area contributed by atoms with Gasteiger partial charge in [0.05, 0.1) is 6.04 Å². The third-order valence-corrected chi connectivity index (χ3v) is 2.79. The second kappa shape index (κ2) is 6.58. The third kappa shape index (κ3) is 3.97. The normalized spacial score (nSPS) is 18.7. The number of imide groups is 1. The SMILES string of the molecule is Cl.O=C1CCC(NCc2cc(F)ccc2F)C(=O)N1. The van der Waals surface area contributed by atoms with Crippen LogP contribution in [0.1, 0.15) is 18.4 Å². The molecule has 1 aromatic rings. The largest absolute Gasteiger partial charge is 0.302 e. The van der Waals surface area contributed by atoms with Gasteiger partial charge in [0.2, 0.25) is 11.8 Å². The van der Waals surface area contributed by atoms with Crippen LogP contribution in [0.4, 0.5) is 8.78 Å². The summed E-state index contributed by atoms with van der Waals surface area (Å²) in [7, 11) is 0. The zero-order valence-corrected chi connectivity index (χ0v) is 10.7. The van der Waals surface area contributed by atoms with Gasteiger partial charge in [0.15, 0.2) is 0 Å². The fraction of sp³-hybridized carbons (Fsp3) is 0.333. The first-order chi connectivity index (χ1) is 8.56. The highest BCUT2D eigenvalue weighted by molar-refractivity contribution is 6.00. The van der Waals surface area contributed by atoms with E-state index in [0.717, 1.165) is 18.2 Å². The summed E-state index contributed by atoms with van der Waals surface area (Å²) >= 11 is 0. The van der Waals surface area contributed by atoms with Crippen molar-refractivity contribution in [3.05, 3.63) is 35.4 Å². The molecule has 1 atom stereocenters. The quantitative estimate of drug-likeness (QED) is 0.825. The Morgan fingerprint density at radius 2 is 2.05 bits per heavy atom. The van der Waals surface area contributed by atoms with Gasteiger partial charge in [-0.3, -0.25) is 14.9 Å². The Bertz CT molecular complexity index is 497. The number of rotatable bonds is 3. The molecule has 2 N–H and O–H groups in total. The average Bonchev–Trinajstić information content (AvgIpc) is 2.32. The van der Waals surface area contributed by atoms with Gasteiger partial charge in [0.1, 0.15) is 11.6 Å². The van der Waals surface area contributed by atoms with Crippen molar-refractivity contribution in [2.75, 3.05) is 0 Å². The van der Waals surface area contributed by atoms with E-state index in [-0.39, 0.29) is 36.8 Å². The Balaban J connectivity index is 0.00000180. The second-order valence-corrected chi connectivity index (χ2v) is 4.12. The molecule has 2 amide bonds. The van der Waals surface area contributed by atoms with Gasteiger partial charge in [-0.1, -0.05) is 0 Å². The number of carbonyl (C=O) groups is 2. The Morgan fingerprint density at radius 1 is 1.32 bits per heavy atom. The fourth-order valence-electron chi connectivity index (χ4n) is 1.80. The predicted molar refractivity (Wildman–Crippen MR) is 66.6 cm³/mol. The molecule has 0 aliphatic carbocycles. The van der Waals surface area contributed by atoms with E-state index in [0.29, 0.717) is 6.42 Å². The first-order valence-corrected chi connectivity index (χ1v) is 5.57. The van der Waals surface area contributed by atoms with Crippen molar-refractivity contribution in [3.8, 4) is 0 Å². The van der Waals surface area contributed by atoms with Crippen molar-refractivity contribution < 1.29 is 18.4 Å². The summed E-state index contributed by atoms with van der Waals surface area (Å²) in [6, 6.07) is 2.60. The van der Waals surface area contributed by atoms with E-state index in [4.69, 9.17) is 0 Å². The molecule has 7 heteroatoms. The molecular formula is C12H13ClF2N2O2. The predicted octanol–water partition coefficient (Wildman–Crippen LogP) is 1.28. The highest BCUT2D eigenvalue weighted by atomic mass is 35.5. The molecule has 104 valence electrons. The van der Waals surface area contributed by atoms with Crippen molar-refractivity contribution in [3.63, 3.8) is 0 Å². The summed E-state index contributed by atoms with van der Waals surface area (Å²) in [6.45, 7) is 0.0376. The number of amides is 2. The van der Waals surface area contributed by atoms with Gasteiger partial charge >= 0.3 is 0 Å². The molecule has 1 unspecified atom stereocenters. The minimum absolute atomic E-state index is 0. The van der Waals surface area contributed by atoms with Gasteiger partial charge in [-0.2, -0.15) is 0 Å². The van der Waals surface area contributed by atoms with E-state index in [2.05, 4.69) is 10.6 Å². The van der Waals surface area contributed by atoms with Gasteiger partial charge in [-0.25, -0.2) is 8.78 Å². The molecular weight excluding hydrogens is 278 g/mol. The van der Waals surface area contributed by atoms with Crippen LogP contribution < -0.4 is 10.6 Å². The molecule has 1 aliphatic rings. The number of piperidine rings is 1. The van der Waals surface area contributed by atoms with E-state index in [1.165, 1.54) is 0 Å². The van der Waals surface area contributed by atoms with Crippen molar-refractivity contribution in [1.29, 1.82) is 0 Å². The topological polar surface area (TPSA) is 58.2 Å². The number of benzene rings is 1. The number of hydrogen-bond acceptors (Lipinski definition) is 3. The summed E-state index contributed by atoms with van der Waals surface area (Å²) in [5.74, 6) is -1.80. The van der Waals surface area contributed by atoms with Crippen LogP contribution >= 0.6 is 12.4 Å². The summed E-state index contributed by atoms with van der Waals surface area (Å²) in [6.07, 6.45) is 0.608. The van der Waals surface area contributed by atoms with E-state index in [1.807, 2.05) is 0 Å². The standard InChI is InChI=1S/C12H12F2N2O2.ClH/c13-8-1-2-9(14)7(5-8)6-15-10-3-4-11(17)16-12(10)18;/h1-2,5,10,15H,3-4,6H2,(H,16,17,18);1H. The molecule has 0 saturated carbocycles. The monoisotopic (exact) mass is 290 g/mol. The van der Waals surface area contributed by atoms with Gasteiger partial charge in [-0.05, 0) is 24.6 Å². The summed E-state index contributed by atoms with van der Waals surface area (Å²) in [4.78, 5) is 22.3. The highest BCUT2D eigenvalue weighted by Crippen LogP contribution is 2.11. The molecule has 4 nitrogen and oxygen atoms in total. The van der Waals surface area contributed by atoms with Crippen molar-refractivity contribution in [2.45, 2.75) is 25.4 Å². The van der Waals surface area contributed by atoms with Gasteiger partial charge in [-0.15, -0.1) is 12.4 Å². The molecule has 0 aromatic heterocycles. The van der Waals surface area contributed by atoms with Crippen LogP contribution in [0.2, 0.25) is 0 Å². The number of halogens is 3. The van der Waals surface area contributed by atoms with Crippen molar-refractivity contribution in [1.82, 2.24) is 10.6 Å². The molecule has 0 radical (unpaired) electrons. The lowest BCUT2D eigenvalue weighted by atomic mass is 10.1. The first-order valence-electron chi connectivity index (χ1n) is 5.57. The first kappa shape index (κ1) is 15.5. The number of hydrogen-bond donors (Lipinski definition) is 2. The van der Waals surface area contributed by atoms with Crippen LogP contribution in [-0.4, -0.2) is 17.9 Å². The van der Waals surface area contributed by atoms with E-state index < -0.39 is 23.6 Å². The van der Waals surface area contributed by atoms with Crippen LogP contribution in [0.3, 0.4) is 0 Å². The Hall–Kier alpha value is -1.53. The van der Waals surface area contributed by atoms with E-state index in [9.17, 15) is 18.4 Å². The van der Waals surface area contributed by atoms with Gasteiger partial charge in [0, 0.05) is 18.5 Å². The van der Waals surface area contributed by atoms with Crippen LogP contribution in [0, 0.1) is 11.6 Å². The van der Waals surface area contributed by atoms with E-state index in [1.54, 1.807) is 0 Å². The van der Waals surface area contributed by atoms with Gasteiger partial charge < -0.3 is 5.32 Å². The number of carbonyl (C=O) groups excluding carboxylic acids is 2. The maximum atomic E-state index is 13.3. The van der Waals surface area contributed by atoms with Crippen LogP contribution in [0.25, 0.3) is 0 Å². The fourth-order valence-corrected chi connectivity index (χ4v) is 1.80. The molecule has 0 spiro atoms. The zero-order chi connectivity index (χ0) is 13.1. The van der Waals surface area contributed by atoms with Crippen molar-refractivity contribution >= 4 is 24.2 Å². The number of nitrogens with one attached hydrogen (secondary N) is 2. The molecule has 1 fully saturated rings. The van der Waals surface area contributed by atoms with Crippen molar-refractivity contribution in [2.24, 2.45) is 0 Å². The van der Waals surface area contributed by atoms with Crippen LogP contribution in [0.15, 0.2) is 18.2 Å². The molecule has 19 heavy (non-hydrogen) atoms. The summed E-state index contributed by atoms with van der Waals surface area (Å²) < 4.78 is 26.2. The smallest absolute Gasteiger partial charge is 0.243 e. The minimum atomic E-state index is -0.551. The average molecular weight is 291 g/mol. The Kier molecular flexibility index (Phi) is 5.38. The maximum Gasteiger partial charge on any atom is 0.243 e.